The Morgan fingerprint density at radius 2 is 1.74 bits per heavy atom. The second-order valence-corrected chi connectivity index (χ2v) is 9.04. The van der Waals surface area contributed by atoms with Gasteiger partial charge in [-0.25, -0.2) is 8.42 Å². The van der Waals surface area contributed by atoms with Crippen LogP contribution >= 0.6 is 12.2 Å². The highest BCUT2D eigenvalue weighted by molar-refractivity contribution is 7.90. The summed E-state index contributed by atoms with van der Waals surface area (Å²) < 4.78 is 25.5. The zero-order chi connectivity index (χ0) is 14.8. The van der Waals surface area contributed by atoms with Gasteiger partial charge in [0.25, 0.3) is 0 Å². The molecule has 1 atom stereocenters. The molecule has 1 aliphatic rings. The quantitative estimate of drug-likeness (QED) is 0.778. The standard InChI is InChI=1S/C12H25N3O2S2/c1-5-10(11(13)18)14-6-8-15(9-7-14)19(16,17)12(2,3)4/h10H,5-9H2,1-4H3,(H2,13,18). The molecule has 1 rings (SSSR count). The largest absolute Gasteiger partial charge is 0.392 e. The lowest BCUT2D eigenvalue weighted by Crippen LogP contribution is -2.56. The van der Waals surface area contributed by atoms with Crippen molar-refractivity contribution >= 4 is 27.2 Å². The number of nitrogens with zero attached hydrogens (tertiary/aromatic N) is 2. The third-order valence-electron chi connectivity index (χ3n) is 3.54. The van der Waals surface area contributed by atoms with Gasteiger partial charge in [0, 0.05) is 26.2 Å². The van der Waals surface area contributed by atoms with Gasteiger partial charge in [0.2, 0.25) is 10.0 Å². The van der Waals surface area contributed by atoms with Crippen LogP contribution in [0.4, 0.5) is 0 Å². The van der Waals surface area contributed by atoms with E-state index in [0.29, 0.717) is 31.2 Å². The Hall–Kier alpha value is -0.240. The summed E-state index contributed by atoms with van der Waals surface area (Å²) in [6, 6.07) is 0.0782. The number of rotatable bonds is 4. The van der Waals surface area contributed by atoms with E-state index in [1.807, 2.05) is 6.92 Å². The molecule has 0 aromatic heterocycles. The molecule has 0 saturated carbocycles. The average Bonchev–Trinajstić information content (AvgIpc) is 2.28. The van der Waals surface area contributed by atoms with Crippen LogP contribution in [0.2, 0.25) is 0 Å². The number of nitrogens with two attached hydrogens (primary N) is 1. The highest BCUT2D eigenvalue weighted by atomic mass is 32.2. The first-order valence-electron chi connectivity index (χ1n) is 6.64. The van der Waals surface area contributed by atoms with Gasteiger partial charge in [-0.1, -0.05) is 19.1 Å². The minimum Gasteiger partial charge on any atom is -0.392 e. The van der Waals surface area contributed by atoms with Crippen LogP contribution in [0.25, 0.3) is 0 Å². The molecule has 19 heavy (non-hydrogen) atoms. The molecule has 0 bridgehead atoms. The molecule has 112 valence electrons. The predicted molar refractivity (Wildman–Crippen MR) is 82.7 cm³/mol. The van der Waals surface area contributed by atoms with Gasteiger partial charge in [-0.05, 0) is 27.2 Å². The van der Waals surface area contributed by atoms with Crippen LogP contribution in [0.5, 0.6) is 0 Å². The Balaban J connectivity index is 2.71. The van der Waals surface area contributed by atoms with Crippen molar-refractivity contribution in [3.63, 3.8) is 0 Å². The Kier molecular flexibility index (Phi) is 5.34. The lowest BCUT2D eigenvalue weighted by atomic mass is 10.1. The fourth-order valence-electron chi connectivity index (χ4n) is 2.28. The molecule has 0 aromatic carbocycles. The molecule has 1 aliphatic heterocycles. The van der Waals surface area contributed by atoms with Gasteiger partial charge in [-0.15, -0.1) is 0 Å². The molecular formula is C12H25N3O2S2. The fourth-order valence-corrected chi connectivity index (χ4v) is 4.02. The SMILES string of the molecule is CCC(C(N)=S)N1CCN(S(=O)(=O)C(C)(C)C)CC1. The predicted octanol–water partition coefficient (Wildman–Crippen LogP) is 0.797. The van der Waals surface area contributed by atoms with Gasteiger partial charge < -0.3 is 5.73 Å². The number of thiocarbonyl (C=S) groups is 1. The van der Waals surface area contributed by atoms with Crippen molar-refractivity contribution < 1.29 is 8.42 Å². The van der Waals surface area contributed by atoms with Crippen LogP contribution in [0, 0.1) is 0 Å². The molecular weight excluding hydrogens is 282 g/mol. The molecule has 0 spiro atoms. The van der Waals surface area contributed by atoms with Crippen molar-refractivity contribution in [2.45, 2.75) is 44.9 Å². The molecule has 1 unspecified atom stereocenters. The van der Waals surface area contributed by atoms with E-state index in [9.17, 15) is 8.42 Å². The monoisotopic (exact) mass is 307 g/mol. The van der Waals surface area contributed by atoms with Crippen LogP contribution < -0.4 is 5.73 Å². The third kappa shape index (κ3) is 3.65. The van der Waals surface area contributed by atoms with Crippen LogP contribution in [0.15, 0.2) is 0 Å². The molecule has 1 heterocycles. The van der Waals surface area contributed by atoms with Crippen LogP contribution in [-0.4, -0.2) is 59.6 Å². The summed E-state index contributed by atoms with van der Waals surface area (Å²) in [5.74, 6) is 0. The van der Waals surface area contributed by atoms with Gasteiger partial charge in [0.05, 0.1) is 15.8 Å². The summed E-state index contributed by atoms with van der Waals surface area (Å²) in [5, 5.41) is 0. The van der Waals surface area contributed by atoms with E-state index in [2.05, 4.69) is 4.90 Å². The van der Waals surface area contributed by atoms with Gasteiger partial charge in [0.1, 0.15) is 0 Å². The molecule has 0 aromatic rings. The van der Waals surface area contributed by atoms with E-state index < -0.39 is 14.8 Å². The molecule has 1 fully saturated rings. The van der Waals surface area contributed by atoms with E-state index in [0.717, 1.165) is 6.42 Å². The lowest BCUT2D eigenvalue weighted by Gasteiger charge is -2.40. The normalized spacial score (nSPS) is 21.3. The van der Waals surface area contributed by atoms with E-state index in [-0.39, 0.29) is 6.04 Å². The topological polar surface area (TPSA) is 66.6 Å². The average molecular weight is 307 g/mol. The zero-order valence-electron chi connectivity index (χ0n) is 12.2. The Bertz CT molecular complexity index is 421. The molecule has 0 aliphatic carbocycles. The highest BCUT2D eigenvalue weighted by Gasteiger charge is 2.37. The molecule has 0 radical (unpaired) electrons. The summed E-state index contributed by atoms with van der Waals surface area (Å²) in [7, 11) is -3.23. The van der Waals surface area contributed by atoms with Crippen molar-refractivity contribution in [3.05, 3.63) is 0 Å². The van der Waals surface area contributed by atoms with E-state index in [1.54, 1.807) is 25.1 Å². The maximum Gasteiger partial charge on any atom is 0.219 e. The summed E-state index contributed by atoms with van der Waals surface area (Å²) in [4.78, 5) is 2.67. The summed E-state index contributed by atoms with van der Waals surface area (Å²) in [6.45, 7) is 9.64. The highest BCUT2D eigenvalue weighted by Crippen LogP contribution is 2.22. The summed E-state index contributed by atoms with van der Waals surface area (Å²) in [5.41, 5.74) is 5.73. The van der Waals surface area contributed by atoms with Gasteiger partial charge >= 0.3 is 0 Å². The number of hydrogen-bond acceptors (Lipinski definition) is 4. The summed E-state index contributed by atoms with van der Waals surface area (Å²) >= 11 is 5.06. The Morgan fingerprint density at radius 3 is 2.05 bits per heavy atom. The van der Waals surface area contributed by atoms with E-state index >= 15 is 0 Å². The van der Waals surface area contributed by atoms with Crippen LogP contribution in [0.1, 0.15) is 34.1 Å². The maximum atomic E-state index is 12.3. The first-order valence-corrected chi connectivity index (χ1v) is 8.49. The van der Waals surface area contributed by atoms with Crippen LogP contribution in [-0.2, 0) is 10.0 Å². The smallest absolute Gasteiger partial charge is 0.219 e. The number of sulfonamides is 1. The van der Waals surface area contributed by atoms with Gasteiger partial charge in [0.15, 0.2) is 0 Å². The zero-order valence-corrected chi connectivity index (χ0v) is 13.9. The fraction of sp³-hybridized carbons (Fsp3) is 0.917. The summed E-state index contributed by atoms with van der Waals surface area (Å²) in [6.07, 6.45) is 0.862. The number of hydrogen-bond donors (Lipinski definition) is 1. The first kappa shape index (κ1) is 16.8. The Labute approximate surface area is 122 Å². The molecule has 1 saturated heterocycles. The minimum absolute atomic E-state index is 0.0782. The maximum absolute atomic E-state index is 12.3. The third-order valence-corrected chi connectivity index (χ3v) is 6.41. The molecule has 7 heteroatoms. The second kappa shape index (κ2) is 6.03. The Morgan fingerprint density at radius 1 is 1.26 bits per heavy atom. The van der Waals surface area contributed by atoms with Gasteiger partial charge in [-0.2, -0.15) is 4.31 Å². The van der Waals surface area contributed by atoms with Crippen LogP contribution in [0.3, 0.4) is 0 Å². The molecule has 5 nitrogen and oxygen atoms in total. The van der Waals surface area contributed by atoms with Crippen molar-refractivity contribution in [2.24, 2.45) is 5.73 Å². The molecule has 0 amide bonds. The minimum atomic E-state index is -3.23. The second-order valence-electron chi connectivity index (χ2n) is 5.88. The van der Waals surface area contributed by atoms with Gasteiger partial charge in [-0.3, -0.25) is 4.90 Å². The number of piperazine rings is 1. The van der Waals surface area contributed by atoms with Crippen molar-refractivity contribution in [1.29, 1.82) is 0 Å². The van der Waals surface area contributed by atoms with Crippen molar-refractivity contribution in [1.82, 2.24) is 9.21 Å². The van der Waals surface area contributed by atoms with E-state index in [4.69, 9.17) is 18.0 Å². The van der Waals surface area contributed by atoms with Crippen molar-refractivity contribution in [2.75, 3.05) is 26.2 Å². The lowest BCUT2D eigenvalue weighted by molar-refractivity contribution is 0.163. The van der Waals surface area contributed by atoms with E-state index in [1.165, 1.54) is 0 Å². The first-order chi connectivity index (χ1) is 8.61. The molecule has 2 N–H and O–H groups in total. The van der Waals surface area contributed by atoms with Crippen molar-refractivity contribution in [3.8, 4) is 0 Å².